The number of rotatable bonds is 5. The van der Waals surface area contributed by atoms with Crippen LogP contribution in [0.5, 0.6) is 0 Å². The van der Waals surface area contributed by atoms with E-state index in [2.05, 4.69) is 10.0 Å². The summed E-state index contributed by atoms with van der Waals surface area (Å²) in [7, 11) is -7.60. The Kier molecular flexibility index (Phi) is 5.76. The molecule has 0 aliphatic heterocycles. The summed E-state index contributed by atoms with van der Waals surface area (Å²) in [6.45, 7) is 5.14. The first-order chi connectivity index (χ1) is 12.3. The number of nitrogens with two attached hydrogens (primary N) is 1. The van der Waals surface area contributed by atoms with Crippen molar-refractivity contribution >= 4 is 31.6 Å². The van der Waals surface area contributed by atoms with E-state index in [1.807, 2.05) is 0 Å². The number of sulfonamides is 2. The molecule has 2 rings (SSSR count). The van der Waals surface area contributed by atoms with Crippen molar-refractivity contribution in [2.24, 2.45) is 5.14 Å². The number of benzene rings is 2. The molecule has 8 nitrogen and oxygen atoms in total. The molecule has 0 aliphatic rings. The molecule has 0 spiro atoms. The molecule has 146 valence electrons. The van der Waals surface area contributed by atoms with Crippen molar-refractivity contribution in [3.05, 3.63) is 54.1 Å². The van der Waals surface area contributed by atoms with Crippen LogP contribution < -0.4 is 15.2 Å². The molecule has 0 aliphatic carbocycles. The minimum Gasteiger partial charge on any atom is -0.322 e. The summed E-state index contributed by atoms with van der Waals surface area (Å²) in [5.74, 6) is -0.536. The molecule has 4 N–H and O–H groups in total. The predicted molar refractivity (Wildman–Crippen MR) is 102 cm³/mol. The van der Waals surface area contributed by atoms with Crippen molar-refractivity contribution in [1.29, 1.82) is 0 Å². The molecular formula is C17H21N3O5S2. The summed E-state index contributed by atoms with van der Waals surface area (Å²) in [5, 5.41) is 7.60. The Labute approximate surface area is 158 Å². The summed E-state index contributed by atoms with van der Waals surface area (Å²) in [4.78, 5) is 12.3. The van der Waals surface area contributed by atoms with Gasteiger partial charge in [0.05, 0.1) is 9.79 Å². The lowest BCUT2D eigenvalue weighted by molar-refractivity contribution is 0.102. The quantitative estimate of drug-likeness (QED) is 0.687. The Morgan fingerprint density at radius 3 is 2.04 bits per heavy atom. The minimum absolute atomic E-state index is 0.0327. The van der Waals surface area contributed by atoms with Crippen LogP contribution in [0.2, 0.25) is 0 Å². The zero-order chi connectivity index (χ0) is 20.5. The van der Waals surface area contributed by atoms with Gasteiger partial charge in [-0.05, 0) is 63.2 Å². The fourth-order valence-corrected chi connectivity index (χ4v) is 4.18. The fourth-order valence-electron chi connectivity index (χ4n) is 2.20. The molecule has 0 unspecified atom stereocenters. The van der Waals surface area contributed by atoms with Gasteiger partial charge in [0.15, 0.2) is 0 Å². The normalized spacial score (nSPS) is 12.6. The number of hydrogen-bond acceptors (Lipinski definition) is 5. The van der Waals surface area contributed by atoms with E-state index in [0.29, 0.717) is 5.69 Å². The number of carbonyl (C=O) groups is 1. The van der Waals surface area contributed by atoms with E-state index in [1.54, 1.807) is 20.8 Å². The third-order valence-electron chi connectivity index (χ3n) is 3.29. The number of nitrogens with one attached hydrogen (secondary N) is 2. The van der Waals surface area contributed by atoms with Crippen LogP contribution in [0.15, 0.2) is 58.3 Å². The van der Waals surface area contributed by atoms with Crippen LogP contribution in [0.25, 0.3) is 0 Å². The number of primary sulfonamides is 1. The lowest BCUT2D eigenvalue weighted by Gasteiger charge is -2.20. The number of hydrogen-bond donors (Lipinski definition) is 3. The molecule has 1 amide bonds. The van der Waals surface area contributed by atoms with Gasteiger partial charge in [-0.2, -0.15) is 0 Å². The Morgan fingerprint density at radius 1 is 0.926 bits per heavy atom. The van der Waals surface area contributed by atoms with E-state index in [4.69, 9.17) is 5.14 Å². The van der Waals surface area contributed by atoms with Crippen LogP contribution in [0, 0.1) is 0 Å². The van der Waals surface area contributed by atoms with Gasteiger partial charge >= 0.3 is 0 Å². The molecule has 0 radical (unpaired) electrons. The van der Waals surface area contributed by atoms with E-state index in [9.17, 15) is 21.6 Å². The van der Waals surface area contributed by atoms with E-state index >= 15 is 0 Å². The minimum atomic E-state index is -3.82. The van der Waals surface area contributed by atoms with Crippen molar-refractivity contribution in [1.82, 2.24) is 4.72 Å². The molecule has 27 heavy (non-hydrogen) atoms. The van der Waals surface area contributed by atoms with Crippen LogP contribution in [-0.4, -0.2) is 28.3 Å². The van der Waals surface area contributed by atoms with Crippen LogP contribution in [0.4, 0.5) is 5.69 Å². The van der Waals surface area contributed by atoms with Crippen LogP contribution in [-0.2, 0) is 20.0 Å². The number of amides is 1. The largest absolute Gasteiger partial charge is 0.322 e. The summed E-state index contributed by atoms with van der Waals surface area (Å²) in [5.41, 5.74) is -0.182. The molecule has 0 heterocycles. The highest BCUT2D eigenvalue weighted by Gasteiger charge is 2.22. The van der Waals surface area contributed by atoms with Gasteiger partial charge < -0.3 is 5.32 Å². The average Bonchev–Trinajstić information content (AvgIpc) is 2.52. The van der Waals surface area contributed by atoms with Crippen molar-refractivity contribution in [2.75, 3.05) is 5.32 Å². The van der Waals surface area contributed by atoms with Gasteiger partial charge in [0, 0.05) is 16.8 Å². The Morgan fingerprint density at radius 2 is 1.52 bits per heavy atom. The molecule has 0 fully saturated rings. The molecule has 0 saturated carbocycles. The first-order valence-corrected chi connectivity index (χ1v) is 10.9. The molecule has 0 aromatic heterocycles. The fraction of sp³-hybridized carbons (Fsp3) is 0.235. The van der Waals surface area contributed by atoms with Crippen LogP contribution in [0.1, 0.15) is 31.1 Å². The predicted octanol–water partition coefficient (Wildman–Crippen LogP) is 1.66. The average molecular weight is 412 g/mol. The van der Waals surface area contributed by atoms with Crippen molar-refractivity contribution in [3.8, 4) is 0 Å². The lowest BCUT2D eigenvalue weighted by atomic mass is 10.1. The Balaban J connectivity index is 2.23. The van der Waals surface area contributed by atoms with Crippen LogP contribution >= 0.6 is 0 Å². The summed E-state index contributed by atoms with van der Waals surface area (Å²) < 4.78 is 49.8. The molecule has 0 atom stereocenters. The van der Waals surface area contributed by atoms with E-state index < -0.39 is 31.5 Å². The molecular weight excluding hydrogens is 390 g/mol. The van der Waals surface area contributed by atoms with Gasteiger partial charge in [-0.3, -0.25) is 4.79 Å². The maximum absolute atomic E-state index is 12.4. The third kappa shape index (κ3) is 5.86. The molecule has 2 aromatic carbocycles. The summed E-state index contributed by atoms with van der Waals surface area (Å²) >= 11 is 0. The van der Waals surface area contributed by atoms with Crippen LogP contribution in [0.3, 0.4) is 0 Å². The third-order valence-corrected chi connectivity index (χ3v) is 5.97. The summed E-state index contributed by atoms with van der Waals surface area (Å²) in [6.07, 6.45) is 0. The Hall–Kier alpha value is -2.27. The SMILES string of the molecule is CC(C)(C)NS(=O)(=O)c1cccc(C(=O)Nc2ccc(S(N)(=O)=O)cc2)c1. The first kappa shape index (κ1) is 21.0. The molecule has 0 saturated heterocycles. The van der Waals surface area contributed by atoms with E-state index in [1.165, 1.54) is 48.5 Å². The maximum Gasteiger partial charge on any atom is 0.255 e. The van der Waals surface area contributed by atoms with Gasteiger partial charge in [0.1, 0.15) is 0 Å². The molecule has 2 aromatic rings. The van der Waals surface area contributed by atoms with Crippen molar-refractivity contribution in [2.45, 2.75) is 36.1 Å². The highest BCUT2D eigenvalue weighted by molar-refractivity contribution is 7.89. The van der Waals surface area contributed by atoms with Gasteiger partial charge in [-0.25, -0.2) is 26.7 Å². The van der Waals surface area contributed by atoms with Gasteiger partial charge in [-0.1, -0.05) is 6.07 Å². The van der Waals surface area contributed by atoms with E-state index in [-0.39, 0.29) is 15.4 Å². The second-order valence-corrected chi connectivity index (χ2v) is 10.2. The topological polar surface area (TPSA) is 135 Å². The van der Waals surface area contributed by atoms with Gasteiger partial charge in [0.2, 0.25) is 20.0 Å². The standard InChI is InChI=1S/C17H21N3O5S2/c1-17(2,3)20-27(24,25)15-6-4-5-12(11-15)16(21)19-13-7-9-14(10-8-13)26(18,22)23/h4-11,20H,1-3H3,(H,19,21)(H2,18,22,23). The van der Waals surface area contributed by atoms with Gasteiger partial charge in [-0.15, -0.1) is 0 Å². The van der Waals surface area contributed by atoms with Gasteiger partial charge in [0.25, 0.3) is 5.91 Å². The monoisotopic (exact) mass is 411 g/mol. The maximum atomic E-state index is 12.4. The number of carbonyl (C=O) groups excluding carboxylic acids is 1. The van der Waals surface area contributed by atoms with E-state index in [0.717, 1.165) is 0 Å². The second kappa shape index (κ2) is 7.39. The molecule has 0 bridgehead atoms. The van der Waals surface area contributed by atoms with Crippen molar-refractivity contribution in [3.63, 3.8) is 0 Å². The summed E-state index contributed by atoms with van der Waals surface area (Å²) in [6, 6.07) is 10.9. The second-order valence-electron chi connectivity index (χ2n) is 6.91. The highest BCUT2D eigenvalue weighted by Crippen LogP contribution is 2.17. The lowest BCUT2D eigenvalue weighted by Crippen LogP contribution is -2.40. The first-order valence-electron chi connectivity index (χ1n) is 7.86. The zero-order valence-electron chi connectivity index (χ0n) is 15.1. The highest BCUT2D eigenvalue weighted by atomic mass is 32.2. The Bertz CT molecular complexity index is 1050. The smallest absolute Gasteiger partial charge is 0.255 e. The van der Waals surface area contributed by atoms with Crippen molar-refractivity contribution < 1.29 is 21.6 Å². The molecule has 10 heteroatoms. The number of anilines is 1. The zero-order valence-corrected chi connectivity index (χ0v) is 16.7.